The highest BCUT2D eigenvalue weighted by Crippen LogP contribution is 2.37. The average molecular weight is 425 g/mol. The lowest BCUT2D eigenvalue weighted by atomic mass is 9.85. The molecule has 1 fully saturated rings. The monoisotopic (exact) mass is 424 g/mol. The molecule has 1 aliphatic carbocycles. The van der Waals surface area contributed by atoms with Crippen molar-refractivity contribution in [3.63, 3.8) is 0 Å². The molecule has 0 radical (unpaired) electrons. The van der Waals surface area contributed by atoms with Crippen LogP contribution in [0.4, 0.5) is 5.95 Å². The van der Waals surface area contributed by atoms with Crippen molar-refractivity contribution >= 4 is 17.4 Å². The van der Waals surface area contributed by atoms with E-state index in [1.165, 1.54) is 0 Å². The molecule has 1 saturated carbocycles. The minimum atomic E-state index is -0.945. The summed E-state index contributed by atoms with van der Waals surface area (Å²) in [7, 11) is 1.66. The van der Waals surface area contributed by atoms with E-state index in [4.69, 9.17) is 9.84 Å². The van der Waals surface area contributed by atoms with E-state index >= 15 is 0 Å². The Morgan fingerprint density at radius 3 is 2.61 bits per heavy atom. The molecule has 0 aliphatic heterocycles. The number of hydrogen-bond donors (Lipinski definition) is 3. The quantitative estimate of drug-likeness (QED) is 0.532. The van der Waals surface area contributed by atoms with Crippen molar-refractivity contribution in [3.8, 4) is 11.1 Å². The Bertz CT molecular complexity index is 1060. The smallest absolute Gasteiger partial charge is 0.335 e. The van der Waals surface area contributed by atoms with Crippen LogP contribution in [-0.4, -0.2) is 56.6 Å². The number of aliphatic hydroxyl groups excluding tert-OH is 1. The number of carboxylic acids is 1. The second kappa shape index (κ2) is 9.03. The number of hydrogen-bond acceptors (Lipinski definition) is 6. The molecule has 3 N–H and O–H groups in total. The molecule has 1 aliphatic rings. The van der Waals surface area contributed by atoms with E-state index in [1.807, 2.05) is 23.6 Å². The number of nitrogens with zero attached hydrogens (tertiary/aromatic N) is 3. The molecule has 0 saturated heterocycles. The standard InChI is InChI=1S/C23H28N4O4/c1-14(13-31-2)25-23-24-12-21-19(15-3-5-17(6-4-15)22(29)30)11-20(27(21)26-23)16-7-9-18(28)10-8-16/h3-6,11-12,14,16,18,28H,7-10,13H2,1-2H3,(H,25,26)(H,29,30)/t14-,16-,18-/m0/s1. The largest absolute Gasteiger partial charge is 0.478 e. The lowest BCUT2D eigenvalue weighted by Gasteiger charge is -2.25. The molecule has 4 rings (SSSR count). The number of rotatable bonds is 7. The summed E-state index contributed by atoms with van der Waals surface area (Å²) >= 11 is 0. The van der Waals surface area contributed by atoms with E-state index in [2.05, 4.69) is 16.4 Å². The zero-order valence-corrected chi connectivity index (χ0v) is 17.8. The fourth-order valence-corrected chi connectivity index (χ4v) is 4.28. The number of aromatic carboxylic acids is 1. The van der Waals surface area contributed by atoms with Gasteiger partial charge in [-0.2, -0.15) is 0 Å². The van der Waals surface area contributed by atoms with Gasteiger partial charge in [0.1, 0.15) is 0 Å². The van der Waals surface area contributed by atoms with Crippen LogP contribution in [0.15, 0.2) is 36.5 Å². The topological polar surface area (TPSA) is 109 Å². The Labute approximate surface area is 180 Å². The number of anilines is 1. The molecule has 2 aromatic heterocycles. The Morgan fingerprint density at radius 1 is 1.26 bits per heavy atom. The summed E-state index contributed by atoms with van der Waals surface area (Å²) in [5.41, 5.74) is 4.10. The Kier molecular flexibility index (Phi) is 6.20. The fraction of sp³-hybridized carbons (Fsp3) is 0.435. The predicted molar refractivity (Wildman–Crippen MR) is 118 cm³/mol. The minimum Gasteiger partial charge on any atom is -0.478 e. The van der Waals surface area contributed by atoms with Gasteiger partial charge in [0, 0.05) is 30.3 Å². The summed E-state index contributed by atoms with van der Waals surface area (Å²) < 4.78 is 7.13. The predicted octanol–water partition coefficient (Wildman–Crippen LogP) is 3.56. The third-order valence-electron chi connectivity index (χ3n) is 5.89. The molecular formula is C23H28N4O4. The second-order valence-electron chi connectivity index (χ2n) is 8.25. The van der Waals surface area contributed by atoms with Gasteiger partial charge in [-0.25, -0.2) is 14.3 Å². The van der Waals surface area contributed by atoms with Crippen LogP contribution < -0.4 is 5.32 Å². The molecule has 8 heteroatoms. The molecule has 1 atom stereocenters. The maximum atomic E-state index is 11.2. The van der Waals surface area contributed by atoms with E-state index in [9.17, 15) is 15.0 Å². The first kappa shape index (κ1) is 21.3. The highest BCUT2D eigenvalue weighted by atomic mass is 16.5. The van der Waals surface area contributed by atoms with E-state index in [-0.39, 0.29) is 17.7 Å². The van der Waals surface area contributed by atoms with Crippen LogP contribution in [0.2, 0.25) is 0 Å². The molecule has 8 nitrogen and oxygen atoms in total. The van der Waals surface area contributed by atoms with Crippen molar-refractivity contribution in [1.82, 2.24) is 14.6 Å². The number of aliphatic hydroxyl groups is 1. The lowest BCUT2D eigenvalue weighted by molar-refractivity contribution is 0.0697. The van der Waals surface area contributed by atoms with Gasteiger partial charge < -0.3 is 20.3 Å². The highest BCUT2D eigenvalue weighted by molar-refractivity contribution is 5.89. The van der Waals surface area contributed by atoms with Crippen molar-refractivity contribution in [1.29, 1.82) is 0 Å². The number of carbonyl (C=O) groups is 1. The van der Waals surface area contributed by atoms with Crippen LogP contribution in [-0.2, 0) is 4.74 Å². The summed E-state index contributed by atoms with van der Waals surface area (Å²) in [4.78, 5) is 15.7. The van der Waals surface area contributed by atoms with Gasteiger partial charge in [-0.15, -0.1) is 5.10 Å². The van der Waals surface area contributed by atoms with Gasteiger partial charge in [-0.1, -0.05) is 12.1 Å². The molecule has 0 amide bonds. The van der Waals surface area contributed by atoms with E-state index in [1.54, 1.807) is 25.4 Å². The molecule has 1 aromatic carbocycles. The van der Waals surface area contributed by atoms with Gasteiger partial charge in [-0.05, 0) is 56.4 Å². The molecule has 0 spiro atoms. The van der Waals surface area contributed by atoms with Crippen molar-refractivity contribution in [2.24, 2.45) is 0 Å². The van der Waals surface area contributed by atoms with Gasteiger partial charge in [0.05, 0.1) is 30.0 Å². The molecule has 0 bridgehead atoms. The van der Waals surface area contributed by atoms with Crippen molar-refractivity contribution in [2.75, 3.05) is 19.0 Å². The summed E-state index contributed by atoms with van der Waals surface area (Å²) in [6.45, 7) is 2.55. The van der Waals surface area contributed by atoms with E-state index in [0.717, 1.165) is 48.0 Å². The number of nitrogens with one attached hydrogen (secondary N) is 1. The number of carboxylic acid groups (broad SMARTS) is 1. The third-order valence-corrected chi connectivity index (χ3v) is 5.89. The van der Waals surface area contributed by atoms with Crippen LogP contribution >= 0.6 is 0 Å². The fourth-order valence-electron chi connectivity index (χ4n) is 4.28. The average Bonchev–Trinajstić information content (AvgIpc) is 3.13. The number of methoxy groups -OCH3 is 1. The SMILES string of the molecule is COC[C@H](C)Nc1ncc2c(-c3ccc(C(=O)O)cc3)cc([C@H]3CC[C@H](O)CC3)n2n1. The molecule has 0 unspecified atom stereocenters. The molecular weight excluding hydrogens is 396 g/mol. The minimum absolute atomic E-state index is 0.0642. The van der Waals surface area contributed by atoms with Gasteiger partial charge in [0.15, 0.2) is 0 Å². The first-order valence-corrected chi connectivity index (χ1v) is 10.6. The van der Waals surface area contributed by atoms with Crippen LogP contribution in [0.1, 0.15) is 54.6 Å². The first-order chi connectivity index (χ1) is 15.0. The zero-order valence-electron chi connectivity index (χ0n) is 17.8. The lowest BCUT2D eigenvalue weighted by Crippen LogP contribution is -2.23. The number of ether oxygens (including phenoxy) is 1. The van der Waals surface area contributed by atoms with Crippen LogP contribution in [0.25, 0.3) is 16.6 Å². The van der Waals surface area contributed by atoms with Crippen molar-refractivity contribution in [3.05, 3.63) is 47.8 Å². The van der Waals surface area contributed by atoms with Gasteiger partial charge >= 0.3 is 5.97 Å². The maximum absolute atomic E-state index is 11.2. The number of aromatic nitrogens is 3. The summed E-state index contributed by atoms with van der Waals surface area (Å²) in [5, 5.41) is 27.2. The molecule has 31 heavy (non-hydrogen) atoms. The van der Waals surface area contributed by atoms with E-state index in [0.29, 0.717) is 18.5 Å². The van der Waals surface area contributed by atoms with Gasteiger partial charge in [-0.3, -0.25) is 0 Å². The summed E-state index contributed by atoms with van der Waals surface area (Å²) in [6.07, 6.45) is 4.93. The van der Waals surface area contributed by atoms with Crippen LogP contribution in [0, 0.1) is 0 Å². The Morgan fingerprint density at radius 2 is 1.97 bits per heavy atom. The first-order valence-electron chi connectivity index (χ1n) is 10.6. The molecule has 3 aromatic rings. The molecule has 164 valence electrons. The van der Waals surface area contributed by atoms with Crippen molar-refractivity contribution < 1.29 is 19.7 Å². The Balaban J connectivity index is 1.76. The summed E-state index contributed by atoms with van der Waals surface area (Å²) in [6, 6.07) is 9.06. The zero-order chi connectivity index (χ0) is 22.0. The van der Waals surface area contributed by atoms with Gasteiger partial charge in [0.25, 0.3) is 0 Å². The van der Waals surface area contributed by atoms with Gasteiger partial charge in [0.2, 0.25) is 5.95 Å². The van der Waals surface area contributed by atoms with Crippen LogP contribution in [0.5, 0.6) is 0 Å². The maximum Gasteiger partial charge on any atom is 0.335 e. The van der Waals surface area contributed by atoms with Crippen LogP contribution in [0.3, 0.4) is 0 Å². The number of benzene rings is 1. The number of fused-ring (bicyclic) bond motifs is 1. The highest BCUT2D eigenvalue weighted by Gasteiger charge is 2.25. The van der Waals surface area contributed by atoms with Crippen molar-refractivity contribution in [2.45, 2.75) is 50.7 Å². The Hall–Kier alpha value is -2.97. The van der Waals surface area contributed by atoms with E-state index < -0.39 is 5.97 Å². The second-order valence-corrected chi connectivity index (χ2v) is 8.25. The third kappa shape index (κ3) is 4.55. The molecule has 2 heterocycles. The normalized spacial score (nSPS) is 20.0. The summed E-state index contributed by atoms with van der Waals surface area (Å²) in [5.74, 6) is -0.126.